The first-order chi connectivity index (χ1) is 6.40. The lowest BCUT2D eigenvalue weighted by atomic mass is 10.3. The molecule has 0 aliphatic carbocycles. The molecular weight excluding hydrogens is 200 g/mol. The van der Waals surface area contributed by atoms with Gasteiger partial charge in [-0.3, -0.25) is 0 Å². The fraction of sp³-hybridized carbons (Fsp3) is 0.100. The van der Waals surface area contributed by atoms with E-state index in [-0.39, 0.29) is 0 Å². The van der Waals surface area contributed by atoms with Crippen LogP contribution in [0.15, 0.2) is 34.5 Å². The molecule has 0 atom stereocenters. The van der Waals surface area contributed by atoms with Crippen molar-refractivity contribution in [1.29, 1.82) is 0 Å². The van der Waals surface area contributed by atoms with Gasteiger partial charge in [0, 0.05) is 9.60 Å². The van der Waals surface area contributed by atoms with Crippen molar-refractivity contribution in [2.24, 2.45) is 0 Å². The highest BCUT2D eigenvalue weighted by molar-refractivity contribution is 7.99. The molecule has 0 radical (unpaired) electrons. The lowest BCUT2D eigenvalue weighted by molar-refractivity contribution is -0.105. The second-order valence-electron chi connectivity index (χ2n) is 2.60. The van der Waals surface area contributed by atoms with Gasteiger partial charge in [-0.15, -0.1) is 23.1 Å². The quantitative estimate of drug-likeness (QED) is 0.569. The molecule has 1 aromatic heterocycles. The predicted octanol–water partition coefficient (Wildman–Crippen LogP) is 3.19. The maximum atomic E-state index is 10.2. The Morgan fingerprint density at radius 3 is 3.15 bits per heavy atom. The summed E-state index contributed by atoms with van der Waals surface area (Å²) in [5, 5.41) is 3.35. The Kier molecular flexibility index (Phi) is 2.66. The number of carbonyl (C=O) groups is 1. The van der Waals surface area contributed by atoms with E-state index in [0.717, 1.165) is 11.2 Å². The Labute approximate surface area is 84.8 Å². The summed E-state index contributed by atoms with van der Waals surface area (Å²) in [5.74, 6) is 0.537. The van der Waals surface area contributed by atoms with E-state index in [9.17, 15) is 4.79 Å². The van der Waals surface area contributed by atoms with E-state index in [1.54, 1.807) is 23.1 Å². The first-order valence-electron chi connectivity index (χ1n) is 3.94. The van der Waals surface area contributed by atoms with Crippen LogP contribution in [0.2, 0.25) is 0 Å². The standard InChI is InChI=1S/C10H8OS2/c11-4-6-12-9-1-2-10-8(7-9)3-5-13-10/h1-5,7H,6H2. The summed E-state index contributed by atoms with van der Waals surface area (Å²) < 4.78 is 1.30. The molecule has 2 aromatic rings. The van der Waals surface area contributed by atoms with Crippen molar-refractivity contribution in [3.63, 3.8) is 0 Å². The molecule has 3 heteroatoms. The number of hydrogen-bond acceptors (Lipinski definition) is 3. The van der Waals surface area contributed by atoms with Crippen molar-refractivity contribution in [2.45, 2.75) is 4.90 Å². The third-order valence-electron chi connectivity index (χ3n) is 1.74. The van der Waals surface area contributed by atoms with E-state index in [0.29, 0.717) is 5.75 Å². The monoisotopic (exact) mass is 208 g/mol. The van der Waals surface area contributed by atoms with Crippen LogP contribution in [0.5, 0.6) is 0 Å². The van der Waals surface area contributed by atoms with Gasteiger partial charge >= 0.3 is 0 Å². The van der Waals surface area contributed by atoms with Gasteiger partial charge in [-0.2, -0.15) is 0 Å². The molecule has 0 saturated carbocycles. The Bertz CT molecular complexity index is 420. The number of aldehydes is 1. The molecule has 2 rings (SSSR count). The number of benzene rings is 1. The lowest BCUT2D eigenvalue weighted by Crippen LogP contribution is -1.77. The van der Waals surface area contributed by atoms with E-state index in [4.69, 9.17) is 0 Å². The highest BCUT2D eigenvalue weighted by Gasteiger charge is 1.97. The van der Waals surface area contributed by atoms with Gasteiger partial charge in [0.25, 0.3) is 0 Å². The Morgan fingerprint density at radius 2 is 2.31 bits per heavy atom. The van der Waals surface area contributed by atoms with Crippen molar-refractivity contribution >= 4 is 39.5 Å². The van der Waals surface area contributed by atoms with E-state index < -0.39 is 0 Å². The summed E-state index contributed by atoms with van der Waals surface area (Å²) in [5.41, 5.74) is 0. The van der Waals surface area contributed by atoms with Crippen molar-refractivity contribution in [3.8, 4) is 0 Å². The Hall–Kier alpha value is -0.800. The minimum absolute atomic E-state index is 0.537. The summed E-state index contributed by atoms with van der Waals surface area (Å²) in [6.45, 7) is 0. The summed E-state index contributed by atoms with van der Waals surface area (Å²) in [4.78, 5) is 11.3. The van der Waals surface area contributed by atoms with Crippen LogP contribution in [0.3, 0.4) is 0 Å². The summed E-state index contributed by atoms with van der Waals surface area (Å²) in [6.07, 6.45) is 0.933. The van der Waals surface area contributed by atoms with Crippen LogP contribution in [-0.2, 0) is 4.79 Å². The number of thiophene rings is 1. The van der Waals surface area contributed by atoms with Crippen LogP contribution in [0, 0.1) is 0 Å². The van der Waals surface area contributed by atoms with Gasteiger partial charge in [-0.05, 0) is 35.0 Å². The molecular formula is C10H8OS2. The summed E-state index contributed by atoms with van der Waals surface area (Å²) >= 11 is 3.32. The van der Waals surface area contributed by atoms with E-state index >= 15 is 0 Å². The van der Waals surface area contributed by atoms with E-state index in [2.05, 4.69) is 29.6 Å². The van der Waals surface area contributed by atoms with E-state index in [1.165, 1.54) is 10.1 Å². The molecule has 1 nitrogen and oxygen atoms in total. The van der Waals surface area contributed by atoms with Crippen LogP contribution in [-0.4, -0.2) is 12.0 Å². The minimum atomic E-state index is 0.537. The summed E-state index contributed by atoms with van der Waals surface area (Å²) in [7, 11) is 0. The number of hydrogen-bond donors (Lipinski definition) is 0. The SMILES string of the molecule is O=CCSc1ccc2sccc2c1. The number of fused-ring (bicyclic) bond motifs is 1. The average Bonchev–Trinajstić information content (AvgIpc) is 2.61. The predicted molar refractivity (Wildman–Crippen MR) is 58.6 cm³/mol. The maximum absolute atomic E-state index is 10.2. The fourth-order valence-electron chi connectivity index (χ4n) is 1.16. The summed E-state index contributed by atoms with van der Waals surface area (Å²) in [6, 6.07) is 8.39. The minimum Gasteiger partial charge on any atom is -0.302 e. The Balaban J connectivity index is 2.31. The van der Waals surface area contributed by atoms with Gasteiger partial charge in [0.2, 0.25) is 0 Å². The number of rotatable bonds is 3. The van der Waals surface area contributed by atoms with Crippen molar-refractivity contribution < 1.29 is 4.79 Å². The van der Waals surface area contributed by atoms with Crippen LogP contribution in [0.4, 0.5) is 0 Å². The zero-order valence-corrected chi connectivity index (χ0v) is 8.53. The van der Waals surface area contributed by atoms with E-state index in [1.807, 2.05) is 0 Å². The zero-order valence-electron chi connectivity index (χ0n) is 6.90. The number of thioether (sulfide) groups is 1. The fourth-order valence-corrected chi connectivity index (χ4v) is 2.57. The number of carbonyl (C=O) groups excluding carboxylic acids is 1. The first-order valence-corrected chi connectivity index (χ1v) is 5.80. The molecule has 0 spiro atoms. The molecule has 0 fully saturated rings. The highest BCUT2D eigenvalue weighted by Crippen LogP contribution is 2.26. The molecule has 0 N–H and O–H groups in total. The zero-order chi connectivity index (χ0) is 9.10. The molecule has 0 saturated heterocycles. The van der Waals surface area contributed by atoms with Crippen LogP contribution >= 0.6 is 23.1 Å². The van der Waals surface area contributed by atoms with Gasteiger partial charge in [0.05, 0.1) is 5.75 Å². The van der Waals surface area contributed by atoms with Gasteiger partial charge in [-0.1, -0.05) is 0 Å². The molecule has 1 heterocycles. The second kappa shape index (κ2) is 3.94. The lowest BCUT2D eigenvalue weighted by Gasteiger charge is -1.96. The Morgan fingerprint density at radius 1 is 1.38 bits per heavy atom. The van der Waals surface area contributed by atoms with Crippen molar-refractivity contribution in [3.05, 3.63) is 29.6 Å². The third kappa shape index (κ3) is 1.92. The maximum Gasteiger partial charge on any atom is 0.130 e. The van der Waals surface area contributed by atoms with Crippen LogP contribution in [0.1, 0.15) is 0 Å². The van der Waals surface area contributed by atoms with Crippen molar-refractivity contribution in [1.82, 2.24) is 0 Å². The molecule has 1 aromatic carbocycles. The average molecular weight is 208 g/mol. The first kappa shape index (κ1) is 8.78. The molecule has 66 valence electrons. The van der Waals surface area contributed by atoms with Gasteiger partial charge < -0.3 is 4.79 Å². The normalized spacial score (nSPS) is 10.5. The van der Waals surface area contributed by atoms with Crippen LogP contribution < -0.4 is 0 Å². The molecule has 0 bridgehead atoms. The molecule has 0 aliphatic heterocycles. The van der Waals surface area contributed by atoms with Gasteiger partial charge in [0.15, 0.2) is 0 Å². The van der Waals surface area contributed by atoms with Gasteiger partial charge in [0.1, 0.15) is 6.29 Å². The second-order valence-corrected chi connectivity index (χ2v) is 4.64. The third-order valence-corrected chi connectivity index (χ3v) is 3.53. The smallest absolute Gasteiger partial charge is 0.130 e. The molecule has 0 unspecified atom stereocenters. The molecule has 0 amide bonds. The van der Waals surface area contributed by atoms with Crippen molar-refractivity contribution in [2.75, 3.05) is 5.75 Å². The molecule has 13 heavy (non-hydrogen) atoms. The topological polar surface area (TPSA) is 17.1 Å². The van der Waals surface area contributed by atoms with Gasteiger partial charge in [-0.25, -0.2) is 0 Å². The molecule has 0 aliphatic rings. The highest BCUT2D eigenvalue weighted by atomic mass is 32.2. The largest absolute Gasteiger partial charge is 0.302 e. The van der Waals surface area contributed by atoms with Crippen LogP contribution in [0.25, 0.3) is 10.1 Å².